The third-order valence-corrected chi connectivity index (χ3v) is 3.97. The summed E-state index contributed by atoms with van der Waals surface area (Å²) in [4.78, 5) is 0. The predicted molar refractivity (Wildman–Crippen MR) is 74.4 cm³/mol. The average Bonchev–Trinajstić information content (AvgIpc) is 2.67. The minimum absolute atomic E-state index is 0.106. The van der Waals surface area contributed by atoms with E-state index in [4.69, 9.17) is 5.73 Å². The van der Waals surface area contributed by atoms with Crippen LogP contribution in [0.1, 0.15) is 44.2 Å². The van der Waals surface area contributed by atoms with E-state index in [1.807, 2.05) is 0 Å². The highest BCUT2D eigenvalue weighted by Crippen LogP contribution is 2.39. The third kappa shape index (κ3) is 3.45. The minimum Gasteiger partial charge on any atom is -0.382 e. The zero-order valence-corrected chi connectivity index (χ0v) is 11.8. The van der Waals surface area contributed by atoms with E-state index >= 15 is 0 Å². The van der Waals surface area contributed by atoms with Gasteiger partial charge in [0.25, 0.3) is 0 Å². The van der Waals surface area contributed by atoms with Crippen LogP contribution in [0.3, 0.4) is 0 Å². The van der Waals surface area contributed by atoms with E-state index in [9.17, 15) is 13.2 Å². The Kier molecular flexibility index (Phi) is 4.00. The Bertz CT molecular complexity index is 480. The first kappa shape index (κ1) is 15.2. The van der Waals surface area contributed by atoms with Gasteiger partial charge in [0.15, 0.2) is 0 Å². The minimum atomic E-state index is -4.36. The molecule has 1 aromatic rings. The van der Waals surface area contributed by atoms with Crippen molar-refractivity contribution in [3.8, 4) is 0 Å². The molecule has 1 aliphatic rings. The zero-order chi connectivity index (χ0) is 15.0. The number of nitrogens with two attached hydrogens (primary N) is 1. The molecule has 2 nitrogen and oxygen atoms in total. The van der Waals surface area contributed by atoms with Crippen LogP contribution in [0.15, 0.2) is 18.2 Å². The molecule has 1 atom stereocenters. The molecule has 0 spiro atoms. The maximum absolute atomic E-state index is 13.0. The first-order valence-corrected chi connectivity index (χ1v) is 6.88. The van der Waals surface area contributed by atoms with Crippen molar-refractivity contribution in [2.45, 2.75) is 51.9 Å². The lowest BCUT2D eigenvalue weighted by molar-refractivity contribution is -0.138. The first-order valence-electron chi connectivity index (χ1n) is 6.88. The fourth-order valence-electron chi connectivity index (χ4n) is 2.90. The van der Waals surface area contributed by atoms with Crippen molar-refractivity contribution in [3.63, 3.8) is 0 Å². The molecule has 1 aromatic carbocycles. The van der Waals surface area contributed by atoms with Gasteiger partial charge < -0.3 is 11.1 Å². The summed E-state index contributed by atoms with van der Waals surface area (Å²) in [5.41, 5.74) is 5.66. The number of alkyl halides is 3. The van der Waals surface area contributed by atoms with Crippen LogP contribution in [-0.2, 0) is 12.7 Å². The standard InChI is InChI=1S/C15H21F3N2/c1-14(2)6-5-12(8-14)20-11-4-3-10(9-19)13(7-11)15(16,17)18/h3-4,7,12,20H,5-6,8-9,19H2,1-2H3. The molecule has 0 aromatic heterocycles. The molecule has 2 rings (SSSR count). The number of nitrogens with one attached hydrogen (secondary N) is 1. The zero-order valence-electron chi connectivity index (χ0n) is 11.8. The van der Waals surface area contributed by atoms with E-state index in [1.165, 1.54) is 12.1 Å². The van der Waals surface area contributed by atoms with E-state index in [2.05, 4.69) is 19.2 Å². The lowest BCUT2D eigenvalue weighted by Gasteiger charge is -2.20. The second-order valence-corrected chi connectivity index (χ2v) is 6.32. The molecule has 1 unspecified atom stereocenters. The second kappa shape index (κ2) is 5.28. The quantitative estimate of drug-likeness (QED) is 0.875. The number of hydrogen-bond acceptors (Lipinski definition) is 2. The molecule has 3 N–H and O–H groups in total. The van der Waals surface area contributed by atoms with Crippen molar-refractivity contribution >= 4 is 5.69 Å². The van der Waals surface area contributed by atoms with Crippen LogP contribution in [0.4, 0.5) is 18.9 Å². The van der Waals surface area contributed by atoms with Crippen molar-refractivity contribution in [3.05, 3.63) is 29.3 Å². The molecule has 0 radical (unpaired) electrons. The molecule has 112 valence electrons. The SMILES string of the molecule is CC1(C)CCC(Nc2ccc(CN)c(C(F)(F)F)c2)C1. The Hall–Kier alpha value is -1.23. The molecule has 0 heterocycles. The fraction of sp³-hybridized carbons (Fsp3) is 0.600. The van der Waals surface area contributed by atoms with Gasteiger partial charge in [-0.1, -0.05) is 19.9 Å². The van der Waals surface area contributed by atoms with Gasteiger partial charge in [-0.05, 0) is 42.4 Å². The number of anilines is 1. The molecule has 0 saturated heterocycles. The van der Waals surface area contributed by atoms with Crippen LogP contribution >= 0.6 is 0 Å². The van der Waals surface area contributed by atoms with E-state index in [0.29, 0.717) is 5.69 Å². The van der Waals surface area contributed by atoms with E-state index in [1.54, 1.807) is 6.07 Å². The molecule has 0 bridgehead atoms. The van der Waals surface area contributed by atoms with Gasteiger partial charge in [0, 0.05) is 18.3 Å². The van der Waals surface area contributed by atoms with Crippen LogP contribution in [0.5, 0.6) is 0 Å². The monoisotopic (exact) mass is 286 g/mol. The Balaban J connectivity index is 2.18. The number of halogens is 3. The highest BCUT2D eigenvalue weighted by atomic mass is 19.4. The second-order valence-electron chi connectivity index (χ2n) is 6.32. The van der Waals surface area contributed by atoms with Gasteiger partial charge in [0.05, 0.1) is 5.56 Å². The number of rotatable bonds is 3. The maximum Gasteiger partial charge on any atom is 0.416 e. The summed E-state index contributed by atoms with van der Waals surface area (Å²) in [5.74, 6) is 0. The van der Waals surface area contributed by atoms with Crippen LogP contribution in [-0.4, -0.2) is 6.04 Å². The largest absolute Gasteiger partial charge is 0.416 e. The Morgan fingerprint density at radius 3 is 2.55 bits per heavy atom. The molecule has 0 amide bonds. The summed E-state index contributed by atoms with van der Waals surface area (Å²) in [5, 5.41) is 3.22. The Morgan fingerprint density at radius 2 is 2.05 bits per heavy atom. The molecule has 0 aliphatic heterocycles. The normalized spacial score (nSPS) is 22.0. The highest BCUT2D eigenvalue weighted by molar-refractivity contribution is 5.50. The fourth-order valence-corrected chi connectivity index (χ4v) is 2.90. The van der Waals surface area contributed by atoms with Gasteiger partial charge in [-0.15, -0.1) is 0 Å². The van der Waals surface area contributed by atoms with Crippen LogP contribution in [0.2, 0.25) is 0 Å². The third-order valence-electron chi connectivity index (χ3n) is 3.97. The van der Waals surface area contributed by atoms with Crippen LogP contribution < -0.4 is 11.1 Å². The summed E-state index contributed by atoms with van der Waals surface area (Å²) in [6.07, 6.45) is -1.29. The van der Waals surface area contributed by atoms with E-state index in [0.717, 1.165) is 19.3 Å². The topological polar surface area (TPSA) is 38.0 Å². The van der Waals surface area contributed by atoms with Gasteiger partial charge in [-0.25, -0.2) is 0 Å². The van der Waals surface area contributed by atoms with Crippen molar-refractivity contribution in [2.24, 2.45) is 11.1 Å². The maximum atomic E-state index is 13.0. The van der Waals surface area contributed by atoms with Gasteiger partial charge >= 0.3 is 6.18 Å². The van der Waals surface area contributed by atoms with Crippen molar-refractivity contribution in [1.82, 2.24) is 0 Å². The van der Waals surface area contributed by atoms with E-state index in [-0.39, 0.29) is 23.6 Å². The molecule has 20 heavy (non-hydrogen) atoms. The van der Waals surface area contributed by atoms with Gasteiger partial charge in [-0.3, -0.25) is 0 Å². The van der Waals surface area contributed by atoms with Crippen molar-refractivity contribution in [1.29, 1.82) is 0 Å². The molecular formula is C15H21F3N2. The smallest absolute Gasteiger partial charge is 0.382 e. The van der Waals surface area contributed by atoms with E-state index < -0.39 is 11.7 Å². The van der Waals surface area contributed by atoms with Gasteiger partial charge in [-0.2, -0.15) is 13.2 Å². The van der Waals surface area contributed by atoms with Crippen LogP contribution in [0.25, 0.3) is 0 Å². The van der Waals surface area contributed by atoms with Gasteiger partial charge in [0.1, 0.15) is 0 Å². The Labute approximate surface area is 117 Å². The molecule has 1 aliphatic carbocycles. The van der Waals surface area contributed by atoms with Crippen molar-refractivity contribution in [2.75, 3.05) is 5.32 Å². The lowest BCUT2D eigenvalue weighted by Crippen LogP contribution is -2.19. The predicted octanol–water partition coefficient (Wildman–Crippen LogP) is 4.15. The molecule has 1 saturated carbocycles. The van der Waals surface area contributed by atoms with Crippen LogP contribution in [0, 0.1) is 5.41 Å². The first-order chi connectivity index (χ1) is 9.21. The Morgan fingerprint density at radius 1 is 1.35 bits per heavy atom. The molecule has 5 heteroatoms. The molecular weight excluding hydrogens is 265 g/mol. The summed E-state index contributed by atoms with van der Waals surface area (Å²) in [6, 6.07) is 4.57. The summed E-state index contributed by atoms with van der Waals surface area (Å²) >= 11 is 0. The highest BCUT2D eigenvalue weighted by Gasteiger charge is 2.34. The number of benzene rings is 1. The average molecular weight is 286 g/mol. The number of hydrogen-bond donors (Lipinski definition) is 2. The summed E-state index contributed by atoms with van der Waals surface area (Å²) in [6.45, 7) is 4.27. The van der Waals surface area contributed by atoms with Crippen molar-refractivity contribution < 1.29 is 13.2 Å². The molecule has 1 fully saturated rings. The summed E-state index contributed by atoms with van der Waals surface area (Å²) in [7, 11) is 0. The van der Waals surface area contributed by atoms with Gasteiger partial charge in [0.2, 0.25) is 0 Å². The summed E-state index contributed by atoms with van der Waals surface area (Å²) < 4.78 is 38.9. The lowest BCUT2D eigenvalue weighted by atomic mass is 9.92.